The standard InChI is InChI=1S/C18H24O/c1-3-4-7-13-18(2,19)14-16-11-8-10-15-9-5-6-12-17(15)16/h5-6,8-12,19H,3-4,7,13-14H2,1-2H3. The molecule has 1 atom stereocenters. The van der Waals surface area contributed by atoms with Crippen LogP contribution in [-0.4, -0.2) is 10.7 Å². The summed E-state index contributed by atoms with van der Waals surface area (Å²) in [4.78, 5) is 0. The Morgan fingerprint density at radius 2 is 1.74 bits per heavy atom. The van der Waals surface area contributed by atoms with Gasteiger partial charge in [-0.05, 0) is 29.7 Å². The van der Waals surface area contributed by atoms with E-state index in [1.54, 1.807) is 0 Å². The second-order valence-corrected chi connectivity index (χ2v) is 5.77. The highest BCUT2D eigenvalue weighted by Gasteiger charge is 2.21. The summed E-state index contributed by atoms with van der Waals surface area (Å²) in [6.07, 6.45) is 5.12. The third kappa shape index (κ3) is 3.81. The third-order valence-electron chi connectivity index (χ3n) is 3.77. The van der Waals surface area contributed by atoms with Crippen LogP contribution in [0.2, 0.25) is 0 Å². The molecule has 0 bridgehead atoms. The van der Waals surface area contributed by atoms with Gasteiger partial charge in [0.1, 0.15) is 0 Å². The molecule has 1 heteroatoms. The molecule has 1 nitrogen and oxygen atoms in total. The van der Waals surface area contributed by atoms with Crippen molar-refractivity contribution in [2.24, 2.45) is 0 Å². The minimum absolute atomic E-state index is 0.598. The van der Waals surface area contributed by atoms with Crippen molar-refractivity contribution in [1.82, 2.24) is 0 Å². The Kier molecular flexibility index (Phi) is 4.60. The van der Waals surface area contributed by atoms with Gasteiger partial charge < -0.3 is 5.11 Å². The van der Waals surface area contributed by atoms with Gasteiger partial charge in [-0.2, -0.15) is 0 Å². The van der Waals surface area contributed by atoms with Gasteiger partial charge in [0.15, 0.2) is 0 Å². The molecule has 0 heterocycles. The van der Waals surface area contributed by atoms with Crippen molar-refractivity contribution in [1.29, 1.82) is 0 Å². The zero-order valence-corrected chi connectivity index (χ0v) is 12.0. The number of unbranched alkanes of at least 4 members (excludes halogenated alkanes) is 2. The summed E-state index contributed by atoms with van der Waals surface area (Å²) >= 11 is 0. The topological polar surface area (TPSA) is 20.2 Å². The molecule has 2 aromatic carbocycles. The van der Waals surface area contributed by atoms with Crippen LogP contribution < -0.4 is 0 Å². The van der Waals surface area contributed by atoms with E-state index in [9.17, 15) is 5.11 Å². The molecule has 102 valence electrons. The predicted octanol–water partition coefficient (Wildman–Crippen LogP) is 4.71. The smallest absolute Gasteiger partial charge is 0.0660 e. The van der Waals surface area contributed by atoms with Crippen LogP contribution in [0.15, 0.2) is 42.5 Å². The van der Waals surface area contributed by atoms with E-state index in [-0.39, 0.29) is 0 Å². The average Bonchev–Trinajstić information content (AvgIpc) is 2.39. The number of fused-ring (bicyclic) bond motifs is 1. The maximum atomic E-state index is 10.6. The summed E-state index contributed by atoms with van der Waals surface area (Å²) in [5.41, 5.74) is 0.652. The second kappa shape index (κ2) is 6.21. The number of hydrogen-bond donors (Lipinski definition) is 1. The molecule has 19 heavy (non-hydrogen) atoms. The van der Waals surface area contributed by atoms with Crippen molar-refractivity contribution < 1.29 is 5.11 Å². The van der Waals surface area contributed by atoms with Gasteiger partial charge in [-0.25, -0.2) is 0 Å². The lowest BCUT2D eigenvalue weighted by Gasteiger charge is -2.24. The fourth-order valence-corrected chi connectivity index (χ4v) is 2.70. The maximum Gasteiger partial charge on any atom is 0.0660 e. The van der Waals surface area contributed by atoms with E-state index in [4.69, 9.17) is 0 Å². The number of benzene rings is 2. The van der Waals surface area contributed by atoms with Crippen molar-refractivity contribution in [3.8, 4) is 0 Å². The van der Waals surface area contributed by atoms with Crippen LogP contribution in [0, 0.1) is 0 Å². The van der Waals surface area contributed by atoms with Gasteiger partial charge in [0.2, 0.25) is 0 Å². The summed E-state index contributed by atoms with van der Waals surface area (Å²) in [6, 6.07) is 14.8. The molecule has 0 spiro atoms. The first-order chi connectivity index (χ1) is 9.12. The van der Waals surface area contributed by atoms with Gasteiger partial charge in [0.05, 0.1) is 5.60 Å². The van der Waals surface area contributed by atoms with Crippen LogP contribution in [0.1, 0.15) is 45.1 Å². The first-order valence-corrected chi connectivity index (χ1v) is 7.31. The van der Waals surface area contributed by atoms with E-state index in [0.29, 0.717) is 0 Å². The van der Waals surface area contributed by atoms with Crippen molar-refractivity contribution in [2.75, 3.05) is 0 Å². The highest BCUT2D eigenvalue weighted by Crippen LogP contribution is 2.25. The fourth-order valence-electron chi connectivity index (χ4n) is 2.70. The molecule has 0 saturated carbocycles. The maximum absolute atomic E-state index is 10.6. The van der Waals surface area contributed by atoms with Gasteiger partial charge in [-0.1, -0.05) is 68.7 Å². The predicted molar refractivity (Wildman–Crippen MR) is 82.4 cm³/mol. The van der Waals surface area contributed by atoms with Gasteiger partial charge >= 0.3 is 0 Å². The van der Waals surface area contributed by atoms with Crippen molar-refractivity contribution in [3.63, 3.8) is 0 Å². The molecule has 2 aromatic rings. The molecule has 0 aromatic heterocycles. The van der Waals surface area contributed by atoms with Gasteiger partial charge in [0, 0.05) is 6.42 Å². The van der Waals surface area contributed by atoms with Gasteiger partial charge in [-0.15, -0.1) is 0 Å². The molecular formula is C18H24O. The molecule has 2 rings (SSSR count). The van der Waals surface area contributed by atoms with Crippen molar-refractivity contribution >= 4 is 10.8 Å². The lowest BCUT2D eigenvalue weighted by atomic mass is 9.89. The van der Waals surface area contributed by atoms with E-state index < -0.39 is 5.60 Å². The molecule has 1 N–H and O–H groups in total. The van der Waals surface area contributed by atoms with E-state index >= 15 is 0 Å². The molecule has 0 radical (unpaired) electrons. The van der Waals surface area contributed by atoms with Gasteiger partial charge in [0.25, 0.3) is 0 Å². The largest absolute Gasteiger partial charge is 0.390 e. The summed E-state index contributed by atoms with van der Waals surface area (Å²) in [7, 11) is 0. The van der Waals surface area contributed by atoms with E-state index in [1.165, 1.54) is 29.2 Å². The normalized spacial score (nSPS) is 14.5. The Bertz CT molecular complexity index is 523. The fraction of sp³-hybridized carbons (Fsp3) is 0.444. The molecule has 0 aliphatic rings. The highest BCUT2D eigenvalue weighted by atomic mass is 16.3. The number of aliphatic hydroxyl groups is 1. The number of rotatable bonds is 6. The second-order valence-electron chi connectivity index (χ2n) is 5.77. The first-order valence-electron chi connectivity index (χ1n) is 7.31. The van der Waals surface area contributed by atoms with Crippen LogP contribution in [0.5, 0.6) is 0 Å². The minimum Gasteiger partial charge on any atom is -0.390 e. The van der Waals surface area contributed by atoms with E-state index in [0.717, 1.165) is 19.3 Å². The Balaban J connectivity index is 2.16. The lowest BCUT2D eigenvalue weighted by molar-refractivity contribution is 0.0489. The van der Waals surface area contributed by atoms with Crippen LogP contribution in [0.25, 0.3) is 10.8 Å². The van der Waals surface area contributed by atoms with Crippen molar-refractivity contribution in [2.45, 2.75) is 51.6 Å². The molecule has 1 unspecified atom stereocenters. The Morgan fingerprint density at radius 1 is 1.00 bits per heavy atom. The SMILES string of the molecule is CCCCCC(C)(O)Cc1cccc2ccccc12. The number of hydrogen-bond acceptors (Lipinski definition) is 1. The summed E-state index contributed by atoms with van der Waals surface area (Å²) in [5, 5.41) is 13.1. The highest BCUT2D eigenvalue weighted by molar-refractivity contribution is 5.85. The minimum atomic E-state index is -0.598. The summed E-state index contributed by atoms with van der Waals surface area (Å²) in [5.74, 6) is 0. The summed E-state index contributed by atoms with van der Waals surface area (Å²) in [6.45, 7) is 4.16. The molecule has 0 amide bonds. The van der Waals surface area contributed by atoms with Crippen LogP contribution in [0.3, 0.4) is 0 Å². The molecule has 0 aliphatic carbocycles. The zero-order valence-electron chi connectivity index (χ0n) is 12.0. The molecule has 0 fully saturated rings. The molecular weight excluding hydrogens is 232 g/mol. The first kappa shape index (κ1) is 14.1. The monoisotopic (exact) mass is 256 g/mol. The van der Waals surface area contributed by atoms with E-state index in [1.807, 2.05) is 6.92 Å². The molecule has 0 aliphatic heterocycles. The zero-order chi connectivity index (χ0) is 13.7. The van der Waals surface area contributed by atoms with Crippen LogP contribution in [0.4, 0.5) is 0 Å². The van der Waals surface area contributed by atoms with Gasteiger partial charge in [-0.3, -0.25) is 0 Å². The Labute approximate surface area is 116 Å². The lowest BCUT2D eigenvalue weighted by Crippen LogP contribution is -2.27. The molecule has 0 saturated heterocycles. The quantitative estimate of drug-likeness (QED) is 0.742. The van der Waals surface area contributed by atoms with Crippen molar-refractivity contribution in [3.05, 3.63) is 48.0 Å². The Morgan fingerprint density at radius 3 is 2.53 bits per heavy atom. The average molecular weight is 256 g/mol. The van der Waals surface area contributed by atoms with Crippen LogP contribution in [-0.2, 0) is 6.42 Å². The summed E-state index contributed by atoms with van der Waals surface area (Å²) < 4.78 is 0. The Hall–Kier alpha value is -1.34. The van der Waals surface area contributed by atoms with E-state index in [2.05, 4.69) is 49.4 Å². The van der Waals surface area contributed by atoms with Crippen LogP contribution >= 0.6 is 0 Å². The third-order valence-corrected chi connectivity index (χ3v) is 3.77.